The van der Waals surface area contributed by atoms with Crippen molar-refractivity contribution in [3.05, 3.63) is 105 Å². The standard InChI is InChI=1S/C50H72N4O3/c1-16-17-28-53-44(55)43(45(56)54(46(53)57)37-20-18-19-21-37)42-35(24-22-33-29-38(47(2,3)4)51(14)39(30-33)48(5,6)7)26-27-36(42)25-23-34-31-40(49(8,9)10)52(15)41(32-34)50(11,12)13/h22-25,29-32,37H,16-21,26-28H2,1-15H3/b35-24+,36-25+. The summed E-state index contributed by atoms with van der Waals surface area (Å²) in [7, 11) is 4.31. The molecular formula is C50H72N4O3. The summed E-state index contributed by atoms with van der Waals surface area (Å²) in [5, 5.41) is 0. The Bertz CT molecular complexity index is 1770. The van der Waals surface area contributed by atoms with Crippen LogP contribution in [0.5, 0.6) is 0 Å². The van der Waals surface area contributed by atoms with E-state index in [4.69, 9.17) is 0 Å². The second kappa shape index (κ2) is 16.3. The second-order valence-corrected chi connectivity index (χ2v) is 20.9. The first-order valence-corrected chi connectivity index (χ1v) is 21.5. The molecule has 5 rings (SSSR count). The number of unbranched alkanes of at least 4 members (excludes halogenated alkanes) is 1. The second-order valence-electron chi connectivity index (χ2n) is 20.9. The number of barbiturate groups is 1. The van der Waals surface area contributed by atoms with Gasteiger partial charge in [0.1, 0.15) is 5.57 Å². The third-order valence-corrected chi connectivity index (χ3v) is 12.0. The molecule has 0 bridgehead atoms. The summed E-state index contributed by atoms with van der Waals surface area (Å²) in [5.41, 5.74) is 9.52. The predicted octanol–water partition coefficient (Wildman–Crippen LogP) is 11.9. The number of rotatable bonds is 6. The van der Waals surface area contributed by atoms with E-state index in [2.05, 4.69) is 163 Å². The van der Waals surface area contributed by atoms with Gasteiger partial charge in [0.2, 0.25) is 0 Å². The summed E-state index contributed by atoms with van der Waals surface area (Å²) in [6, 6.07) is -0.643. The summed E-state index contributed by atoms with van der Waals surface area (Å²) in [6.07, 6.45) is 24.0. The van der Waals surface area contributed by atoms with E-state index < -0.39 is 17.8 Å². The monoisotopic (exact) mass is 777 g/mol. The lowest BCUT2D eigenvalue weighted by Crippen LogP contribution is -2.59. The molecule has 57 heavy (non-hydrogen) atoms. The third-order valence-electron chi connectivity index (χ3n) is 12.0. The Kier molecular flexibility index (Phi) is 12.5. The van der Waals surface area contributed by atoms with Crippen LogP contribution in [0.2, 0.25) is 0 Å². The van der Waals surface area contributed by atoms with Gasteiger partial charge in [0.25, 0.3) is 11.8 Å². The van der Waals surface area contributed by atoms with Crippen molar-refractivity contribution < 1.29 is 14.4 Å². The minimum Gasteiger partial charge on any atom is -0.351 e. The van der Waals surface area contributed by atoms with Gasteiger partial charge in [0.15, 0.2) is 0 Å². The van der Waals surface area contributed by atoms with E-state index in [1.165, 1.54) is 32.6 Å². The van der Waals surface area contributed by atoms with Crippen LogP contribution in [-0.4, -0.2) is 64.1 Å². The highest BCUT2D eigenvalue weighted by atomic mass is 16.2. The molecule has 5 aliphatic rings. The molecule has 0 spiro atoms. The van der Waals surface area contributed by atoms with Gasteiger partial charge < -0.3 is 9.80 Å². The molecule has 0 radical (unpaired) electrons. The smallest absolute Gasteiger partial charge is 0.334 e. The van der Waals surface area contributed by atoms with E-state index in [1.54, 1.807) is 0 Å². The number of nitrogens with zero attached hydrogens (tertiary/aromatic N) is 4. The zero-order valence-corrected chi connectivity index (χ0v) is 38.1. The van der Waals surface area contributed by atoms with E-state index in [1.807, 2.05) is 0 Å². The van der Waals surface area contributed by atoms with E-state index in [0.29, 0.717) is 31.4 Å². The van der Waals surface area contributed by atoms with Gasteiger partial charge >= 0.3 is 6.03 Å². The number of allylic oxidation sites excluding steroid dienone is 17. The van der Waals surface area contributed by atoms with Crippen LogP contribution in [0.3, 0.4) is 0 Å². The van der Waals surface area contributed by atoms with Crippen LogP contribution in [0.4, 0.5) is 4.79 Å². The largest absolute Gasteiger partial charge is 0.351 e. The van der Waals surface area contributed by atoms with Crippen molar-refractivity contribution in [3.63, 3.8) is 0 Å². The lowest BCUT2D eigenvalue weighted by molar-refractivity contribution is -0.137. The van der Waals surface area contributed by atoms with Gasteiger partial charge in [-0.15, -0.1) is 0 Å². The van der Waals surface area contributed by atoms with Crippen LogP contribution in [0.1, 0.15) is 141 Å². The van der Waals surface area contributed by atoms with Crippen LogP contribution in [0, 0.1) is 21.7 Å². The molecule has 0 unspecified atom stereocenters. The topological polar surface area (TPSA) is 64.2 Å². The molecule has 2 saturated carbocycles. The molecule has 1 saturated heterocycles. The zero-order valence-electron chi connectivity index (χ0n) is 38.1. The maximum atomic E-state index is 14.8. The average Bonchev–Trinajstić information content (AvgIpc) is 3.76. The molecule has 0 aromatic carbocycles. The van der Waals surface area contributed by atoms with E-state index >= 15 is 0 Å². The molecule has 310 valence electrons. The molecule has 4 amide bonds. The highest BCUT2D eigenvalue weighted by molar-refractivity contribution is 6.30. The van der Waals surface area contributed by atoms with E-state index in [9.17, 15) is 14.4 Å². The van der Waals surface area contributed by atoms with Crippen molar-refractivity contribution in [2.45, 2.75) is 147 Å². The summed E-state index contributed by atoms with van der Waals surface area (Å²) < 4.78 is 0. The van der Waals surface area contributed by atoms with Crippen LogP contribution in [-0.2, 0) is 9.59 Å². The van der Waals surface area contributed by atoms with Crippen molar-refractivity contribution in [3.8, 4) is 0 Å². The predicted molar refractivity (Wildman–Crippen MR) is 235 cm³/mol. The molecule has 0 atom stereocenters. The fourth-order valence-electron chi connectivity index (χ4n) is 9.07. The molecule has 2 aliphatic carbocycles. The van der Waals surface area contributed by atoms with Crippen LogP contribution >= 0.6 is 0 Å². The molecule has 7 heteroatoms. The maximum Gasteiger partial charge on any atom is 0.334 e. The minimum absolute atomic E-state index is 0.0781. The Morgan fingerprint density at radius 3 is 1.32 bits per heavy atom. The van der Waals surface area contributed by atoms with Gasteiger partial charge in [0.05, 0.1) is 0 Å². The number of imide groups is 2. The Morgan fingerprint density at radius 1 is 0.579 bits per heavy atom. The molecule has 3 aliphatic heterocycles. The number of carbonyl (C=O) groups excluding carboxylic acids is 3. The highest BCUT2D eigenvalue weighted by Gasteiger charge is 2.47. The first-order valence-electron chi connectivity index (χ1n) is 21.5. The molecule has 7 nitrogen and oxygen atoms in total. The van der Waals surface area contributed by atoms with Gasteiger partial charge in [0, 0.05) is 71.1 Å². The minimum atomic E-state index is -0.463. The van der Waals surface area contributed by atoms with E-state index in [0.717, 1.165) is 54.4 Å². The normalized spacial score (nSPS) is 22.3. The van der Waals surface area contributed by atoms with Crippen molar-refractivity contribution in [2.75, 3.05) is 20.6 Å². The SMILES string of the molecule is CCCCN1C(=O)C(=C2/C(=C/C=C3C=C(C(C)(C)C)N(C)C(C(C)(C)C)=C3)CC/C2=C\C=C2C=C(C(C)(C)C)N(C)C(C(C)(C)C)=C2)C(=O)N(C2CCCC2)C1=O. The molecule has 0 N–H and O–H groups in total. The molecule has 0 aromatic heterocycles. The molecule has 3 heterocycles. The van der Waals surface area contributed by atoms with Gasteiger partial charge in [-0.2, -0.15) is 0 Å². The lowest BCUT2D eigenvalue weighted by atomic mass is 9.82. The van der Waals surface area contributed by atoms with Gasteiger partial charge in [-0.05, 0) is 84.3 Å². The van der Waals surface area contributed by atoms with Crippen LogP contribution in [0.15, 0.2) is 105 Å². The summed E-state index contributed by atoms with van der Waals surface area (Å²) in [5.74, 6) is -0.901. The summed E-state index contributed by atoms with van der Waals surface area (Å²) >= 11 is 0. The number of hydrogen-bond donors (Lipinski definition) is 0. The first kappa shape index (κ1) is 44.0. The zero-order chi connectivity index (χ0) is 42.4. The quantitative estimate of drug-likeness (QED) is 0.199. The van der Waals surface area contributed by atoms with Gasteiger partial charge in [-0.25, -0.2) is 4.79 Å². The number of amides is 4. The van der Waals surface area contributed by atoms with Crippen molar-refractivity contribution in [1.82, 2.24) is 19.6 Å². The van der Waals surface area contributed by atoms with Crippen molar-refractivity contribution in [1.29, 1.82) is 0 Å². The number of urea groups is 1. The van der Waals surface area contributed by atoms with Crippen molar-refractivity contribution >= 4 is 17.8 Å². The summed E-state index contributed by atoms with van der Waals surface area (Å²) in [6.45, 7) is 29.3. The Morgan fingerprint density at radius 2 is 0.965 bits per heavy atom. The Labute approximate surface area is 345 Å². The third kappa shape index (κ3) is 9.29. The van der Waals surface area contributed by atoms with Crippen molar-refractivity contribution in [2.24, 2.45) is 21.7 Å². The van der Waals surface area contributed by atoms with Crippen LogP contribution < -0.4 is 0 Å². The van der Waals surface area contributed by atoms with Gasteiger partial charge in [-0.3, -0.25) is 19.4 Å². The molecular weight excluding hydrogens is 705 g/mol. The fourth-order valence-corrected chi connectivity index (χ4v) is 9.07. The Hall–Kier alpha value is -4.13. The fraction of sp³-hybridized carbons (Fsp3) is 0.580. The Balaban J connectivity index is 1.76. The average molecular weight is 777 g/mol. The van der Waals surface area contributed by atoms with E-state index in [-0.39, 0.29) is 33.3 Å². The number of hydrogen-bond acceptors (Lipinski definition) is 5. The lowest BCUT2D eigenvalue weighted by Gasteiger charge is -2.41. The summed E-state index contributed by atoms with van der Waals surface area (Å²) in [4.78, 5) is 50.9. The highest BCUT2D eigenvalue weighted by Crippen LogP contribution is 2.45. The van der Waals surface area contributed by atoms with Gasteiger partial charge in [-0.1, -0.05) is 134 Å². The first-order chi connectivity index (χ1) is 26.4. The molecule has 3 fully saturated rings. The van der Waals surface area contributed by atoms with Crippen LogP contribution in [0.25, 0.3) is 0 Å². The maximum absolute atomic E-state index is 14.8. The number of carbonyl (C=O) groups is 3. The molecule has 0 aromatic rings.